The minimum atomic E-state index is -1.01. The standard InChI is InChI=1S/C10H12O3/c1-6-7(11)4-5-10(2,3)8(6)9(12)13/h4-5H,1-3H3,(H,12,13). The summed E-state index contributed by atoms with van der Waals surface area (Å²) in [6, 6.07) is 0. The third kappa shape index (κ3) is 1.54. The Kier molecular flexibility index (Phi) is 2.12. The first-order valence-electron chi connectivity index (χ1n) is 4.04. The summed E-state index contributed by atoms with van der Waals surface area (Å²) in [7, 11) is 0. The molecule has 0 atom stereocenters. The lowest BCUT2D eigenvalue weighted by molar-refractivity contribution is -0.134. The fourth-order valence-electron chi connectivity index (χ4n) is 1.53. The van der Waals surface area contributed by atoms with Crippen LogP contribution in [-0.4, -0.2) is 16.9 Å². The van der Waals surface area contributed by atoms with Gasteiger partial charge in [0, 0.05) is 11.0 Å². The number of carbonyl (C=O) groups excluding carboxylic acids is 1. The van der Waals surface area contributed by atoms with Crippen LogP contribution in [0.5, 0.6) is 0 Å². The van der Waals surface area contributed by atoms with Crippen LogP contribution >= 0.6 is 0 Å². The van der Waals surface area contributed by atoms with Crippen molar-refractivity contribution in [3.63, 3.8) is 0 Å². The lowest BCUT2D eigenvalue weighted by Gasteiger charge is -2.25. The highest BCUT2D eigenvalue weighted by Gasteiger charge is 2.32. The number of carboxylic acids is 1. The van der Waals surface area contributed by atoms with E-state index < -0.39 is 11.4 Å². The van der Waals surface area contributed by atoms with E-state index in [2.05, 4.69) is 0 Å². The van der Waals surface area contributed by atoms with E-state index in [-0.39, 0.29) is 11.4 Å². The van der Waals surface area contributed by atoms with Crippen molar-refractivity contribution in [1.82, 2.24) is 0 Å². The summed E-state index contributed by atoms with van der Waals surface area (Å²) in [5.41, 5.74) is -0.0240. The number of hydrogen-bond donors (Lipinski definition) is 1. The quantitative estimate of drug-likeness (QED) is 0.666. The molecule has 3 heteroatoms. The summed E-state index contributed by atoms with van der Waals surface area (Å²) in [5.74, 6) is -1.23. The van der Waals surface area contributed by atoms with Crippen LogP contribution in [0, 0.1) is 5.41 Å². The van der Waals surface area contributed by atoms with Gasteiger partial charge in [0.1, 0.15) is 0 Å². The number of hydrogen-bond acceptors (Lipinski definition) is 2. The van der Waals surface area contributed by atoms with Crippen LogP contribution in [-0.2, 0) is 9.59 Å². The van der Waals surface area contributed by atoms with Gasteiger partial charge in [0.15, 0.2) is 5.78 Å². The maximum Gasteiger partial charge on any atom is 0.332 e. The van der Waals surface area contributed by atoms with Crippen LogP contribution in [0.1, 0.15) is 20.8 Å². The minimum Gasteiger partial charge on any atom is -0.478 e. The summed E-state index contributed by atoms with van der Waals surface area (Å²) in [4.78, 5) is 22.1. The minimum absolute atomic E-state index is 0.194. The van der Waals surface area contributed by atoms with E-state index in [9.17, 15) is 9.59 Å². The Morgan fingerprint density at radius 1 is 1.46 bits per heavy atom. The molecule has 0 heterocycles. The third-order valence-electron chi connectivity index (χ3n) is 2.25. The molecule has 0 aromatic heterocycles. The Balaban J connectivity index is 3.30. The number of carbonyl (C=O) groups is 2. The molecule has 0 radical (unpaired) electrons. The van der Waals surface area contributed by atoms with Crippen molar-refractivity contribution >= 4 is 11.8 Å². The number of rotatable bonds is 1. The molecular formula is C10H12O3. The number of allylic oxidation sites excluding steroid dienone is 3. The Morgan fingerprint density at radius 2 is 2.00 bits per heavy atom. The Hall–Kier alpha value is -1.38. The molecule has 3 nitrogen and oxygen atoms in total. The van der Waals surface area contributed by atoms with Gasteiger partial charge in [0.05, 0.1) is 5.57 Å². The second kappa shape index (κ2) is 2.83. The largest absolute Gasteiger partial charge is 0.478 e. The zero-order valence-corrected chi connectivity index (χ0v) is 7.92. The molecule has 0 saturated carbocycles. The molecule has 1 aliphatic rings. The normalized spacial score (nSPS) is 20.7. The topological polar surface area (TPSA) is 54.4 Å². The summed E-state index contributed by atoms with van der Waals surface area (Å²) in [5, 5.41) is 8.92. The van der Waals surface area contributed by atoms with Crippen molar-refractivity contribution in [3.05, 3.63) is 23.3 Å². The van der Waals surface area contributed by atoms with Crippen molar-refractivity contribution in [2.24, 2.45) is 5.41 Å². The highest BCUT2D eigenvalue weighted by molar-refractivity contribution is 6.10. The van der Waals surface area contributed by atoms with Crippen LogP contribution in [0.4, 0.5) is 0 Å². The van der Waals surface area contributed by atoms with E-state index in [1.807, 2.05) is 0 Å². The lowest BCUT2D eigenvalue weighted by Crippen LogP contribution is -2.25. The Bertz CT molecular complexity index is 332. The predicted molar refractivity (Wildman–Crippen MR) is 48.3 cm³/mol. The average Bonchev–Trinajstić information content (AvgIpc) is 1.96. The SMILES string of the molecule is CC1=C(C(=O)O)C(C)(C)C=CC1=O. The van der Waals surface area contributed by atoms with Crippen molar-refractivity contribution < 1.29 is 14.7 Å². The maximum atomic E-state index is 11.2. The highest BCUT2D eigenvalue weighted by atomic mass is 16.4. The van der Waals surface area contributed by atoms with Crippen LogP contribution in [0.15, 0.2) is 23.3 Å². The van der Waals surface area contributed by atoms with Gasteiger partial charge >= 0.3 is 5.97 Å². The van der Waals surface area contributed by atoms with E-state index in [4.69, 9.17) is 5.11 Å². The van der Waals surface area contributed by atoms with Crippen molar-refractivity contribution in [3.8, 4) is 0 Å². The molecule has 1 rings (SSSR count). The molecule has 0 spiro atoms. The van der Waals surface area contributed by atoms with Crippen molar-refractivity contribution in [2.45, 2.75) is 20.8 Å². The summed E-state index contributed by atoms with van der Waals surface area (Å²) >= 11 is 0. The molecule has 0 amide bonds. The second-order valence-electron chi connectivity index (χ2n) is 3.72. The zero-order valence-electron chi connectivity index (χ0n) is 7.92. The maximum absolute atomic E-state index is 11.2. The molecule has 0 saturated heterocycles. The van der Waals surface area contributed by atoms with Crippen LogP contribution in [0.2, 0.25) is 0 Å². The average molecular weight is 180 g/mol. The Morgan fingerprint density at radius 3 is 2.38 bits per heavy atom. The van der Waals surface area contributed by atoms with Gasteiger partial charge in [-0.15, -0.1) is 0 Å². The van der Waals surface area contributed by atoms with Gasteiger partial charge < -0.3 is 5.11 Å². The molecule has 1 N–H and O–H groups in total. The molecule has 13 heavy (non-hydrogen) atoms. The number of aliphatic carboxylic acids is 1. The third-order valence-corrected chi connectivity index (χ3v) is 2.25. The summed E-state index contributed by atoms with van der Waals surface area (Å²) in [6.45, 7) is 5.11. The first-order chi connectivity index (χ1) is 5.86. The van der Waals surface area contributed by atoms with E-state index in [1.165, 1.54) is 6.08 Å². The molecule has 0 aromatic rings. The van der Waals surface area contributed by atoms with Crippen molar-refractivity contribution in [2.75, 3.05) is 0 Å². The molecular weight excluding hydrogens is 168 g/mol. The predicted octanol–water partition coefficient (Wildman–Crippen LogP) is 1.55. The molecule has 70 valence electrons. The molecule has 0 fully saturated rings. The fraction of sp³-hybridized carbons (Fsp3) is 0.400. The monoisotopic (exact) mass is 180 g/mol. The van der Waals surface area contributed by atoms with Crippen molar-refractivity contribution in [1.29, 1.82) is 0 Å². The highest BCUT2D eigenvalue weighted by Crippen LogP contribution is 2.34. The first kappa shape index (κ1) is 9.71. The van der Waals surface area contributed by atoms with Crippen LogP contribution < -0.4 is 0 Å². The second-order valence-corrected chi connectivity index (χ2v) is 3.72. The molecule has 0 aliphatic heterocycles. The van der Waals surface area contributed by atoms with E-state index in [1.54, 1.807) is 26.8 Å². The first-order valence-corrected chi connectivity index (χ1v) is 4.04. The van der Waals surface area contributed by atoms with Gasteiger partial charge in [-0.3, -0.25) is 4.79 Å². The molecule has 0 bridgehead atoms. The Labute approximate surface area is 76.8 Å². The molecule has 0 unspecified atom stereocenters. The van der Waals surface area contributed by atoms with E-state index in [0.717, 1.165) is 0 Å². The molecule has 1 aliphatic carbocycles. The van der Waals surface area contributed by atoms with Gasteiger partial charge in [-0.1, -0.05) is 19.9 Å². The number of ketones is 1. The van der Waals surface area contributed by atoms with Gasteiger partial charge in [-0.05, 0) is 13.0 Å². The lowest BCUT2D eigenvalue weighted by atomic mass is 9.77. The van der Waals surface area contributed by atoms with E-state index >= 15 is 0 Å². The van der Waals surface area contributed by atoms with Crippen LogP contribution in [0.3, 0.4) is 0 Å². The van der Waals surface area contributed by atoms with E-state index in [0.29, 0.717) is 5.57 Å². The zero-order chi connectivity index (χ0) is 10.2. The van der Waals surface area contributed by atoms with Crippen LogP contribution in [0.25, 0.3) is 0 Å². The van der Waals surface area contributed by atoms with Gasteiger partial charge in [0.25, 0.3) is 0 Å². The number of carboxylic acid groups (broad SMARTS) is 1. The van der Waals surface area contributed by atoms with Gasteiger partial charge in [0.2, 0.25) is 0 Å². The smallest absolute Gasteiger partial charge is 0.332 e. The molecule has 0 aromatic carbocycles. The van der Waals surface area contributed by atoms with Gasteiger partial charge in [-0.25, -0.2) is 4.79 Å². The summed E-state index contributed by atoms with van der Waals surface area (Å²) < 4.78 is 0. The fourth-order valence-corrected chi connectivity index (χ4v) is 1.53. The van der Waals surface area contributed by atoms with Gasteiger partial charge in [-0.2, -0.15) is 0 Å². The summed E-state index contributed by atoms with van der Waals surface area (Å²) in [6.07, 6.45) is 3.06.